The molecule has 46 heavy (non-hydrogen) atoms. The van der Waals surface area contributed by atoms with Gasteiger partial charge in [-0.15, -0.1) is 0 Å². The quantitative estimate of drug-likeness (QED) is 0.397. The van der Waals surface area contributed by atoms with E-state index >= 15 is 0 Å². The van der Waals surface area contributed by atoms with Crippen LogP contribution in [0.2, 0.25) is 5.02 Å². The summed E-state index contributed by atoms with van der Waals surface area (Å²) in [6, 6.07) is 11.3. The first-order valence-electron chi connectivity index (χ1n) is 16.3. The van der Waals surface area contributed by atoms with Crippen LogP contribution in [0.15, 0.2) is 54.6 Å². The fourth-order valence-corrected chi connectivity index (χ4v) is 9.69. The number of nitrogens with zero attached hydrogens (tertiary/aromatic N) is 2. The molecule has 8 nitrogen and oxygen atoms in total. The Hall–Kier alpha value is -2.85. The maximum Gasteiger partial charge on any atom is 0.267 e. The van der Waals surface area contributed by atoms with Crippen LogP contribution < -0.4 is 9.64 Å². The second-order valence-corrected chi connectivity index (χ2v) is 16.4. The molecule has 1 spiro atoms. The van der Waals surface area contributed by atoms with Crippen molar-refractivity contribution < 1.29 is 27.8 Å². The summed E-state index contributed by atoms with van der Waals surface area (Å²) in [6.07, 6.45) is 12.0. The highest BCUT2D eigenvalue weighted by atomic mass is 35.5. The van der Waals surface area contributed by atoms with Gasteiger partial charge in [-0.2, -0.15) is 0 Å². The van der Waals surface area contributed by atoms with Crippen LogP contribution in [0, 0.1) is 17.8 Å². The lowest BCUT2D eigenvalue weighted by atomic mass is 9.63. The Morgan fingerprint density at radius 1 is 1.13 bits per heavy atom. The summed E-state index contributed by atoms with van der Waals surface area (Å²) in [5.41, 5.74) is 2.27. The molecule has 0 saturated heterocycles. The van der Waals surface area contributed by atoms with Crippen molar-refractivity contribution in [2.24, 2.45) is 17.8 Å². The van der Waals surface area contributed by atoms with Gasteiger partial charge < -0.3 is 19.5 Å². The van der Waals surface area contributed by atoms with Gasteiger partial charge in [0.25, 0.3) is 5.91 Å². The predicted octanol–water partition coefficient (Wildman–Crippen LogP) is 6.07. The normalized spacial score (nSPS) is 33.0. The molecule has 2 aromatic rings. The van der Waals surface area contributed by atoms with Crippen molar-refractivity contribution in [1.29, 1.82) is 0 Å². The van der Waals surface area contributed by atoms with Crippen molar-refractivity contribution in [3.05, 3.63) is 76.3 Å². The molecular weight excluding hydrogens is 624 g/mol. The zero-order chi connectivity index (χ0) is 32.9. The number of carbonyl (C=O) groups excluding carboxylic acids is 1. The minimum absolute atomic E-state index is 0.0207. The maximum absolute atomic E-state index is 13.8. The largest absolute Gasteiger partial charge is 0.490 e. The number of amides is 1. The molecule has 2 aliphatic carbocycles. The third-order valence-corrected chi connectivity index (χ3v) is 13.7. The fourth-order valence-electron chi connectivity index (χ4n) is 7.97. The molecule has 0 unspecified atom stereocenters. The Bertz CT molecular complexity index is 1660. The standard InChI is InChI=1S/C36H45ClN2O6S/c1-24-7-5-16-36(44-4,17-18-40)31-12-9-28(31)21-39-22-35(15-6-8-26-19-29(37)11-13-30(26)35)23-45-33-14-10-27(20-32(33)39)34(41)38(3)46(42,43)25(24)2/h5-6,8,10-11,13-14,16,19-20,24-25,28,31,40H,7,9,12,15,17-18,21-23H2,1-4H3/b16-5+/t24-,25+,28-,31+,35-,36+/m0/s1. The number of hydrogen-bond donors (Lipinski definition) is 1. The first-order chi connectivity index (χ1) is 21.9. The minimum Gasteiger partial charge on any atom is -0.490 e. The van der Waals surface area contributed by atoms with E-state index in [2.05, 4.69) is 29.2 Å². The zero-order valence-corrected chi connectivity index (χ0v) is 28.7. The van der Waals surface area contributed by atoms with Gasteiger partial charge in [-0.25, -0.2) is 12.7 Å². The molecule has 0 aromatic heterocycles. The second-order valence-electron chi connectivity index (χ2n) is 13.7. The Balaban J connectivity index is 1.48. The molecule has 248 valence electrons. The van der Waals surface area contributed by atoms with Crippen LogP contribution in [0.4, 0.5) is 5.69 Å². The Labute approximate surface area is 278 Å². The van der Waals surface area contributed by atoms with E-state index in [0.29, 0.717) is 48.9 Å². The number of ether oxygens (including phenoxy) is 2. The van der Waals surface area contributed by atoms with Crippen molar-refractivity contribution in [3.8, 4) is 5.75 Å². The van der Waals surface area contributed by atoms with Gasteiger partial charge in [0.2, 0.25) is 10.0 Å². The Kier molecular flexibility index (Phi) is 9.08. The average molecular weight is 669 g/mol. The van der Waals surface area contributed by atoms with Crippen molar-refractivity contribution >= 4 is 39.3 Å². The highest BCUT2D eigenvalue weighted by Crippen LogP contribution is 2.49. The van der Waals surface area contributed by atoms with Crippen LogP contribution in [0.5, 0.6) is 5.75 Å². The van der Waals surface area contributed by atoms with Crippen molar-refractivity contribution in [3.63, 3.8) is 0 Å². The number of carbonyl (C=O) groups is 1. The SMILES string of the molecule is CO[C@@]1(CCO)/C=C/C[C@H](C)[C@@H](C)S(=O)(=O)N(C)C(=O)c2ccc3c(c2)N(C[C@@H]2CC[C@H]21)C[C@@]1(CC=Cc2cc(Cl)ccc21)CO3. The lowest BCUT2D eigenvalue weighted by Crippen LogP contribution is -2.53. The first-order valence-corrected chi connectivity index (χ1v) is 18.2. The monoisotopic (exact) mass is 668 g/mol. The number of allylic oxidation sites excluding steroid dienone is 2. The molecule has 2 bridgehead atoms. The molecule has 2 heterocycles. The third-order valence-electron chi connectivity index (χ3n) is 11.2. The van der Waals surface area contributed by atoms with E-state index in [0.717, 1.165) is 34.8 Å². The molecule has 6 rings (SSSR count). The molecule has 2 aromatic carbocycles. The lowest BCUT2D eigenvalue weighted by molar-refractivity contribution is -0.0863. The smallest absolute Gasteiger partial charge is 0.267 e. The van der Waals surface area contributed by atoms with Gasteiger partial charge in [0.15, 0.2) is 0 Å². The lowest BCUT2D eigenvalue weighted by Gasteiger charge is -2.50. The van der Waals surface area contributed by atoms with E-state index in [1.54, 1.807) is 32.2 Å². The van der Waals surface area contributed by atoms with Gasteiger partial charge in [0, 0.05) is 50.9 Å². The molecule has 1 N–H and O–H groups in total. The Morgan fingerprint density at radius 3 is 2.65 bits per heavy atom. The number of hydrogen-bond acceptors (Lipinski definition) is 7. The molecular formula is C36H45ClN2O6S. The first kappa shape index (κ1) is 33.1. The van der Waals surface area contributed by atoms with Gasteiger partial charge in [-0.05, 0) is 91.8 Å². The summed E-state index contributed by atoms with van der Waals surface area (Å²) in [5.74, 6) is 0.263. The maximum atomic E-state index is 13.8. The van der Waals surface area contributed by atoms with Crippen LogP contribution >= 0.6 is 11.6 Å². The number of methoxy groups -OCH3 is 1. The molecule has 6 atom stereocenters. The van der Waals surface area contributed by atoms with E-state index in [1.807, 2.05) is 25.1 Å². The van der Waals surface area contributed by atoms with Crippen molar-refractivity contribution in [2.45, 2.75) is 62.2 Å². The van der Waals surface area contributed by atoms with Crippen LogP contribution in [-0.2, 0) is 20.2 Å². The van der Waals surface area contributed by atoms with E-state index < -0.39 is 26.8 Å². The summed E-state index contributed by atoms with van der Waals surface area (Å²) in [5, 5.41) is 10.1. The predicted molar refractivity (Wildman–Crippen MR) is 182 cm³/mol. The van der Waals surface area contributed by atoms with Crippen LogP contribution in [0.3, 0.4) is 0 Å². The molecule has 1 amide bonds. The number of halogens is 1. The topological polar surface area (TPSA) is 96.4 Å². The highest BCUT2D eigenvalue weighted by Gasteiger charge is 2.48. The number of aliphatic hydroxyl groups excluding tert-OH is 1. The van der Waals surface area contributed by atoms with E-state index in [4.69, 9.17) is 21.1 Å². The summed E-state index contributed by atoms with van der Waals surface area (Å²) < 4.78 is 41.1. The second kappa shape index (κ2) is 12.6. The molecule has 10 heteroatoms. The van der Waals surface area contributed by atoms with Crippen LogP contribution in [0.1, 0.15) is 67.4 Å². The molecule has 1 fully saturated rings. The molecule has 1 saturated carbocycles. The van der Waals surface area contributed by atoms with Gasteiger partial charge in [-0.3, -0.25) is 4.79 Å². The van der Waals surface area contributed by atoms with E-state index in [-0.39, 0.29) is 29.8 Å². The summed E-state index contributed by atoms with van der Waals surface area (Å²) in [4.78, 5) is 16.1. The van der Waals surface area contributed by atoms with Crippen LogP contribution in [0.25, 0.3) is 6.08 Å². The van der Waals surface area contributed by atoms with Gasteiger partial charge in [0.1, 0.15) is 5.75 Å². The number of sulfonamides is 1. The van der Waals surface area contributed by atoms with Crippen molar-refractivity contribution in [2.75, 3.05) is 45.4 Å². The summed E-state index contributed by atoms with van der Waals surface area (Å²) >= 11 is 6.40. The van der Waals surface area contributed by atoms with Gasteiger partial charge in [0.05, 0.1) is 28.6 Å². The minimum atomic E-state index is -3.95. The van der Waals surface area contributed by atoms with Gasteiger partial charge >= 0.3 is 0 Å². The van der Waals surface area contributed by atoms with E-state index in [1.165, 1.54) is 12.6 Å². The number of fused-ring (bicyclic) bond motifs is 4. The number of rotatable bonds is 3. The fraction of sp³-hybridized carbons (Fsp3) is 0.528. The number of benzene rings is 2. The third kappa shape index (κ3) is 5.67. The van der Waals surface area contributed by atoms with Crippen LogP contribution in [-0.4, -0.2) is 75.0 Å². The summed E-state index contributed by atoms with van der Waals surface area (Å²) in [7, 11) is -0.899. The van der Waals surface area contributed by atoms with Crippen molar-refractivity contribution in [1.82, 2.24) is 4.31 Å². The molecule has 4 aliphatic rings. The molecule has 0 radical (unpaired) electrons. The average Bonchev–Trinajstić information content (AvgIpc) is 3.18. The number of aliphatic hydroxyl groups is 1. The van der Waals surface area contributed by atoms with E-state index in [9.17, 15) is 18.3 Å². The Morgan fingerprint density at radius 2 is 1.93 bits per heavy atom. The molecule has 2 aliphatic heterocycles. The zero-order valence-electron chi connectivity index (χ0n) is 27.1. The number of anilines is 1. The van der Waals surface area contributed by atoms with Gasteiger partial charge in [-0.1, -0.05) is 48.9 Å². The highest BCUT2D eigenvalue weighted by molar-refractivity contribution is 7.90. The summed E-state index contributed by atoms with van der Waals surface area (Å²) in [6.45, 7) is 5.30.